The Kier molecular flexibility index (Phi) is 5.45. The van der Waals surface area contributed by atoms with Gasteiger partial charge in [-0.05, 0) is 45.0 Å². The van der Waals surface area contributed by atoms with E-state index < -0.39 is 0 Å². The van der Waals surface area contributed by atoms with Gasteiger partial charge in [-0.3, -0.25) is 4.90 Å². The monoisotopic (exact) mass is 237 g/mol. The number of aliphatic hydroxyl groups excluding tert-OH is 1. The molecule has 1 N–H and O–H groups in total. The van der Waals surface area contributed by atoms with E-state index in [1.54, 1.807) is 7.11 Å². The van der Waals surface area contributed by atoms with Crippen molar-refractivity contribution in [2.45, 2.75) is 39.0 Å². The van der Waals surface area contributed by atoms with Crippen molar-refractivity contribution >= 4 is 0 Å². The van der Waals surface area contributed by atoms with E-state index in [1.807, 2.05) is 25.1 Å². The number of methoxy groups -OCH3 is 1. The van der Waals surface area contributed by atoms with Crippen molar-refractivity contribution in [1.82, 2.24) is 4.90 Å². The Balaban J connectivity index is 2.57. The molecular formula is C14H23NO2. The lowest BCUT2D eigenvalue weighted by Crippen LogP contribution is -2.31. The van der Waals surface area contributed by atoms with Gasteiger partial charge in [0, 0.05) is 12.6 Å². The van der Waals surface area contributed by atoms with E-state index in [1.165, 1.54) is 5.56 Å². The number of ether oxygens (including phenoxy) is 1. The fourth-order valence-corrected chi connectivity index (χ4v) is 1.89. The van der Waals surface area contributed by atoms with Crippen molar-refractivity contribution < 1.29 is 9.84 Å². The Morgan fingerprint density at radius 1 is 1.35 bits per heavy atom. The Morgan fingerprint density at radius 2 is 2.06 bits per heavy atom. The van der Waals surface area contributed by atoms with Crippen LogP contribution in [0.1, 0.15) is 25.8 Å². The molecule has 0 fully saturated rings. The lowest BCUT2D eigenvalue weighted by molar-refractivity contribution is 0.131. The molecule has 2 atom stereocenters. The molecule has 0 aliphatic heterocycles. The Bertz CT molecular complexity index is 339. The number of hydrogen-bond acceptors (Lipinski definition) is 3. The van der Waals surface area contributed by atoms with E-state index in [2.05, 4.69) is 24.9 Å². The lowest BCUT2D eigenvalue weighted by Gasteiger charge is -2.25. The van der Waals surface area contributed by atoms with Gasteiger partial charge in [0.15, 0.2) is 0 Å². The molecule has 1 aromatic rings. The van der Waals surface area contributed by atoms with Gasteiger partial charge in [0.25, 0.3) is 0 Å². The summed E-state index contributed by atoms with van der Waals surface area (Å²) in [6.07, 6.45) is 0.540. The normalized spacial score (nSPS) is 14.7. The Labute approximate surface area is 104 Å². The number of hydrogen-bond donors (Lipinski definition) is 1. The first-order valence-corrected chi connectivity index (χ1v) is 6.04. The fraction of sp³-hybridized carbons (Fsp3) is 0.571. The maximum absolute atomic E-state index is 9.37. The first-order chi connectivity index (χ1) is 8.02. The molecule has 0 radical (unpaired) electrons. The molecule has 0 bridgehead atoms. The van der Waals surface area contributed by atoms with E-state index in [0.29, 0.717) is 6.04 Å². The molecule has 0 aliphatic rings. The predicted octanol–water partition coefficient (Wildman–Crippen LogP) is 2.29. The third-order valence-corrected chi connectivity index (χ3v) is 3.00. The largest absolute Gasteiger partial charge is 0.497 e. The maximum atomic E-state index is 9.37. The van der Waals surface area contributed by atoms with Gasteiger partial charge in [0.1, 0.15) is 5.75 Å². The highest BCUT2D eigenvalue weighted by atomic mass is 16.5. The molecule has 96 valence electrons. The van der Waals surface area contributed by atoms with Gasteiger partial charge >= 0.3 is 0 Å². The second kappa shape index (κ2) is 6.62. The summed E-state index contributed by atoms with van der Waals surface area (Å²) >= 11 is 0. The van der Waals surface area contributed by atoms with Gasteiger partial charge in [0.2, 0.25) is 0 Å². The minimum absolute atomic E-state index is 0.252. The van der Waals surface area contributed by atoms with E-state index in [9.17, 15) is 5.11 Å². The number of aliphatic hydroxyl groups is 1. The Hall–Kier alpha value is -1.06. The third-order valence-electron chi connectivity index (χ3n) is 3.00. The quantitative estimate of drug-likeness (QED) is 0.824. The van der Waals surface area contributed by atoms with Gasteiger partial charge in [0.05, 0.1) is 13.2 Å². The number of nitrogens with zero attached hydrogens (tertiary/aromatic N) is 1. The van der Waals surface area contributed by atoms with Crippen LogP contribution in [0.25, 0.3) is 0 Å². The number of rotatable bonds is 6. The lowest BCUT2D eigenvalue weighted by atomic mass is 10.1. The second-order valence-corrected chi connectivity index (χ2v) is 4.70. The minimum Gasteiger partial charge on any atom is -0.497 e. The fourth-order valence-electron chi connectivity index (χ4n) is 1.89. The van der Waals surface area contributed by atoms with Crippen LogP contribution in [0.2, 0.25) is 0 Å². The van der Waals surface area contributed by atoms with Crippen LogP contribution in [0.4, 0.5) is 0 Å². The van der Waals surface area contributed by atoms with Gasteiger partial charge < -0.3 is 9.84 Å². The minimum atomic E-state index is -0.252. The third kappa shape index (κ3) is 4.75. The van der Waals surface area contributed by atoms with Crippen LogP contribution in [0, 0.1) is 0 Å². The summed E-state index contributed by atoms with van der Waals surface area (Å²) in [6.45, 7) is 4.83. The molecular weight excluding hydrogens is 214 g/mol. The van der Waals surface area contributed by atoms with Crippen LogP contribution >= 0.6 is 0 Å². The van der Waals surface area contributed by atoms with Gasteiger partial charge in [-0.1, -0.05) is 12.1 Å². The van der Waals surface area contributed by atoms with Gasteiger partial charge in [-0.25, -0.2) is 0 Å². The predicted molar refractivity (Wildman–Crippen MR) is 70.2 cm³/mol. The molecule has 0 saturated carbocycles. The first-order valence-electron chi connectivity index (χ1n) is 6.04. The number of benzene rings is 1. The highest BCUT2D eigenvalue weighted by Gasteiger charge is 2.12. The molecule has 1 aromatic carbocycles. The first kappa shape index (κ1) is 14.0. The molecule has 1 rings (SSSR count). The zero-order valence-electron chi connectivity index (χ0n) is 11.2. The van der Waals surface area contributed by atoms with E-state index in [0.717, 1.165) is 18.7 Å². The summed E-state index contributed by atoms with van der Waals surface area (Å²) in [6, 6.07) is 8.45. The standard InChI is InChI=1S/C14H23NO2/c1-11(8-12(2)16)15(3)10-13-6-5-7-14(9-13)17-4/h5-7,9,11-12,16H,8,10H2,1-4H3. The molecule has 0 saturated heterocycles. The average molecular weight is 237 g/mol. The summed E-state index contributed by atoms with van der Waals surface area (Å²) in [7, 11) is 3.76. The van der Waals surface area contributed by atoms with Crippen molar-refractivity contribution in [3.8, 4) is 5.75 Å². The molecule has 0 heterocycles. The molecule has 17 heavy (non-hydrogen) atoms. The summed E-state index contributed by atoms with van der Waals surface area (Å²) < 4.78 is 5.20. The zero-order chi connectivity index (χ0) is 12.8. The molecule has 0 amide bonds. The maximum Gasteiger partial charge on any atom is 0.119 e. The summed E-state index contributed by atoms with van der Waals surface area (Å²) in [5, 5.41) is 9.37. The zero-order valence-corrected chi connectivity index (χ0v) is 11.2. The highest BCUT2D eigenvalue weighted by molar-refractivity contribution is 5.28. The molecule has 0 aromatic heterocycles. The highest BCUT2D eigenvalue weighted by Crippen LogP contribution is 2.15. The second-order valence-electron chi connectivity index (χ2n) is 4.70. The van der Waals surface area contributed by atoms with Crippen molar-refractivity contribution in [2.24, 2.45) is 0 Å². The summed E-state index contributed by atoms with van der Waals surface area (Å²) in [4.78, 5) is 2.24. The molecule has 3 nitrogen and oxygen atoms in total. The topological polar surface area (TPSA) is 32.7 Å². The van der Waals surface area contributed by atoms with Crippen molar-refractivity contribution in [1.29, 1.82) is 0 Å². The van der Waals surface area contributed by atoms with E-state index >= 15 is 0 Å². The van der Waals surface area contributed by atoms with Crippen molar-refractivity contribution in [2.75, 3.05) is 14.2 Å². The smallest absolute Gasteiger partial charge is 0.119 e. The van der Waals surface area contributed by atoms with Gasteiger partial charge in [-0.15, -0.1) is 0 Å². The van der Waals surface area contributed by atoms with Crippen molar-refractivity contribution in [3.63, 3.8) is 0 Å². The van der Waals surface area contributed by atoms with E-state index in [4.69, 9.17) is 4.74 Å². The van der Waals surface area contributed by atoms with Gasteiger partial charge in [-0.2, -0.15) is 0 Å². The molecule has 2 unspecified atom stereocenters. The van der Waals surface area contributed by atoms with Crippen molar-refractivity contribution in [3.05, 3.63) is 29.8 Å². The molecule has 0 spiro atoms. The summed E-state index contributed by atoms with van der Waals surface area (Å²) in [5.74, 6) is 0.888. The average Bonchev–Trinajstić information content (AvgIpc) is 2.28. The van der Waals surface area contributed by atoms with Crippen LogP contribution in [0.3, 0.4) is 0 Å². The summed E-state index contributed by atoms with van der Waals surface area (Å²) in [5.41, 5.74) is 1.23. The van der Waals surface area contributed by atoms with Crippen LogP contribution in [0.15, 0.2) is 24.3 Å². The molecule has 0 aliphatic carbocycles. The van der Waals surface area contributed by atoms with Crippen LogP contribution in [-0.4, -0.2) is 36.3 Å². The Morgan fingerprint density at radius 3 is 2.65 bits per heavy atom. The van der Waals surface area contributed by atoms with Crippen LogP contribution < -0.4 is 4.74 Å². The SMILES string of the molecule is COc1cccc(CN(C)C(C)CC(C)O)c1. The van der Waals surface area contributed by atoms with E-state index in [-0.39, 0.29) is 6.10 Å². The molecule has 3 heteroatoms. The van der Waals surface area contributed by atoms with Crippen LogP contribution in [0.5, 0.6) is 5.75 Å². The van der Waals surface area contributed by atoms with Crippen LogP contribution in [-0.2, 0) is 6.54 Å².